The summed E-state index contributed by atoms with van der Waals surface area (Å²) in [6, 6.07) is 0. The lowest BCUT2D eigenvalue weighted by molar-refractivity contribution is -0.544. The second-order valence-corrected chi connectivity index (χ2v) is 12.0. The fourth-order valence-electron chi connectivity index (χ4n) is 8.20. The molecule has 0 radical (unpaired) electrons. The maximum Gasteiger partial charge on any atom is 0.274 e. The van der Waals surface area contributed by atoms with Crippen molar-refractivity contribution in [2.45, 2.75) is 89.1 Å². The molecule has 0 aromatic heterocycles. The number of hydrogen-bond acceptors (Lipinski definition) is 3. The van der Waals surface area contributed by atoms with Crippen molar-refractivity contribution in [3.63, 3.8) is 0 Å². The molecule has 4 nitrogen and oxygen atoms in total. The highest BCUT2D eigenvalue weighted by atomic mass is 79.9. The van der Waals surface area contributed by atoms with E-state index < -0.39 is 4.45 Å². The first kappa shape index (κ1) is 19.2. The Morgan fingerprint density at radius 3 is 2.38 bits per heavy atom. The maximum absolute atomic E-state index is 11.6. The topological polar surface area (TPSA) is 63.4 Å². The fraction of sp³-hybridized carbons (Fsp3) is 1.00. The number of aliphatic hydroxyl groups excluding tert-OH is 1. The van der Waals surface area contributed by atoms with Crippen LogP contribution in [0.25, 0.3) is 0 Å². The summed E-state index contributed by atoms with van der Waals surface area (Å²) >= 11 is 3.48. The molecule has 26 heavy (non-hydrogen) atoms. The summed E-state index contributed by atoms with van der Waals surface area (Å²) in [5, 5.41) is 21.9. The summed E-state index contributed by atoms with van der Waals surface area (Å²) in [5.41, 5.74) is 0.563. The van der Waals surface area contributed by atoms with E-state index in [9.17, 15) is 15.2 Å². The molecule has 0 amide bonds. The molecule has 0 bridgehead atoms. The Kier molecular flexibility index (Phi) is 4.55. The van der Waals surface area contributed by atoms with Crippen LogP contribution in [0.15, 0.2) is 0 Å². The first-order valence-electron chi connectivity index (χ1n) is 10.6. The second-order valence-electron chi connectivity index (χ2n) is 10.5. The Hall–Kier alpha value is -0.160. The number of halogens is 1. The molecular weight excluding hydrogens is 394 g/mol. The molecule has 4 aliphatic rings. The zero-order valence-corrected chi connectivity index (χ0v) is 18.0. The monoisotopic (exact) mass is 427 g/mol. The highest BCUT2D eigenvalue weighted by Crippen LogP contribution is 2.68. The lowest BCUT2D eigenvalue weighted by atomic mass is 9.44. The number of hydrogen-bond donors (Lipinski definition) is 1. The molecule has 1 N–H and O–H groups in total. The van der Waals surface area contributed by atoms with Crippen molar-refractivity contribution in [3.8, 4) is 0 Å². The lowest BCUT2D eigenvalue weighted by Crippen LogP contribution is -2.56. The van der Waals surface area contributed by atoms with Crippen LogP contribution in [0.5, 0.6) is 0 Å². The van der Waals surface area contributed by atoms with Gasteiger partial charge in [0.05, 0.1) is 6.10 Å². The van der Waals surface area contributed by atoms with E-state index in [2.05, 4.69) is 29.8 Å². The Labute approximate surface area is 165 Å². The Morgan fingerprint density at radius 1 is 1.04 bits per heavy atom. The van der Waals surface area contributed by atoms with Gasteiger partial charge in [0.15, 0.2) is 0 Å². The number of aliphatic hydroxyl groups is 1. The van der Waals surface area contributed by atoms with Gasteiger partial charge in [0.1, 0.15) is 0 Å². The zero-order valence-electron chi connectivity index (χ0n) is 16.4. The molecule has 4 saturated carbocycles. The average molecular weight is 428 g/mol. The molecule has 0 aromatic rings. The van der Waals surface area contributed by atoms with Gasteiger partial charge in [-0.25, -0.2) is 0 Å². The number of nitrogens with zero attached hydrogens (tertiary/aromatic N) is 1. The van der Waals surface area contributed by atoms with E-state index >= 15 is 0 Å². The van der Waals surface area contributed by atoms with Crippen LogP contribution < -0.4 is 0 Å². The van der Waals surface area contributed by atoms with Crippen LogP contribution in [0.3, 0.4) is 0 Å². The van der Waals surface area contributed by atoms with E-state index in [4.69, 9.17) is 0 Å². The smallest absolute Gasteiger partial charge is 0.274 e. The highest BCUT2D eigenvalue weighted by molar-refractivity contribution is 9.10. The summed E-state index contributed by atoms with van der Waals surface area (Å²) in [4.78, 5) is 11.5. The molecule has 0 spiro atoms. The predicted molar refractivity (Wildman–Crippen MR) is 106 cm³/mol. The van der Waals surface area contributed by atoms with Gasteiger partial charge in [0.25, 0.3) is 4.45 Å². The fourth-order valence-corrected chi connectivity index (χ4v) is 8.79. The molecule has 9 unspecified atom stereocenters. The van der Waals surface area contributed by atoms with Gasteiger partial charge in [0, 0.05) is 33.7 Å². The van der Waals surface area contributed by atoms with Gasteiger partial charge in [-0.2, -0.15) is 0 Å². The van der Waals surface area contributed by atoms with Gasteiger partial charge in [0.2, 0.25) is 0 Å². The molecule has 0 heterocycles. The van der Waals surface area contributed by atoms with Gasteiger partial charge in [-0.05, 0) is 92.3 Å². The largest absolute Gasteiger partial charge is 0.393 e. The molecule has 5 heteroatoms. The summed E-state index contributed by atoms with van der Waals surface area (Å²) in [7, 11) is 0. The van der Waals surface area contributed by atoms with Crippen LogP contribution in [0, 0.1) is 50.5 Å². The van der Waals surface area contributed by atoms with Crippen molar-refractivity contribution >= 4 is 15.9 Å². The molecule has 4 rings (SSSR count). The molecular formula is C21H34BrNO3. The predicted octanol–water partition coefficient (Wildman–Crippen LogP) is 5.39. The molecule has 148 valence electrons. The van der Waals surface area contributed by atoms with Crippen LogP contribution >= 0.6 is 15.9 Å². The van der Waals surface area contributed by atoms with Crippen molar-refractivity contribution < 1.29 is 10.0 Å². The van der Waals surface area contributed by atoms with Crippen LogP contribution in [-0.4, -0.2) is 20.6 Å². The SMILES string of the molecule is CC(O)C1CCC2C3CCC4CC(Br)([N+](=O)[O-])CCC4(C)C3CCC12C. The Bertz CT molecular complexity index is 598. The van der Waals surface area contributed by atoms with Crippen LogP contribution in [0.4, 0.5) is 0 Å². The number of fused-ring (bicyclic) bond motifs is 5. The summed E-state index contributed by atoms with van der Waals surface area (Å²) in [5.74, 6) is 3.15. The lowest BCUT2D eigenvalue weighted by Gasteiger charge is -2.61. The van der Waals surface area contributed by atoms with E-state index in [0.717, 1.165) is 30.6 Å². The van der Waals surface area contributed by atoms with Crippen LogP contribution in [0.2, 0.25) is 0 Å². The Morgan fingerprint density at radius 2 is 1.73 bits per heavy atom. The third-order valence-electron chi connectivity index (χ3n) is 9.65. The molecule has 4 aliphatic carbocycles. The summed E-state index contributed by atoms with van der Waals surface area (Å²) in [6.07, 6.45) is 9.44. The number of alkyl halides is 1. The minimum atomic E-state index is -0.891. The number of nitro groups is 1. The minimum Gasteiger partial charge on any atom is -0.393 e. The first-order chi connectivity index (χ1) is 12.1. The van der Waals surface area contributed by atoms with E-state index in [0.29, 0.717) is 30.1 Å². The summed E-state index contributed by atoms with van der Waals surface area (Å²) < 4.78 is -0.891. The maximum atomic E-state index is 11.6. The third-order valence-corrected chi connectivity index (χ3v) is 10.7. The Balaban J connectivity index is 1.58. The van der Waals surface area contributed by atoms with Crippen LogP contribution in [0.1, 0.15) is 78.6 Å². The standard InChI is InChI=1S/C21H34BrNO3/c1-13(24)16-6-7-17-15-5-4-14-12-21(22,23(25)26)11-10-19(14,2)18(15)8-9-20(16,17)3/h13-18,24H,4-12H2,1-3H3. The quantitative estimate of drug-likeness (QED) is 0.277. The van der Waals surface area contributed by atoms with E-state index in [1.165, 1.54) is 32.1 Å². The van der Waals surface area contributed by atoms with Gasteiger partial charge >= 0.3 is 0 Å². The van der Waals surface area contributed by atoms with E-state index in [1.54, 1.807) is 0 Å². The molecule has 0 saturated heterocycles. The zero-order chi connectivity index (χ0) is 18.9. The molecule has 0 aliphatic heterocycles. The van der Waals surface area contributed by atoms with Crippen molar-refractivity contribution in [2.24, 2.45) is 40.4 Å². The molecule has 9 atom stereocenters. The average Bonchev–Trinajstić information content (AvgIpc) is 2.93. The molecule has 0 aromatic carbocycles. The molecule has 4 fully saturated rings. The van der Waals surface area contributed by atoms with Gasteiger partial charge < -0.3 is 5.11 Å². The van der Waals surface area contributed by atoms with E-state index in [1.807, 2.05) is 6.92 Å². The van der Waals surface area contributed by atoms with Crippen molar-refractivity contribution in [2.75, 3.05) is 0 Å². The summed E-state index contributed by atoms with van der Waals surface area (Å²) in [6.45, 7) is 6.88. The highest BCUT2D eigenvalue weighted by Gasteiger charge is 2.63. The van der Waals surface area contributed by atoms with Gasteiger partial charge in [-0.1, -0.05) is 13.8 Å². The van der Waals surface area contributed by atoms with Crippen molar-refractivity contribution in [1.29, 1.82) is 0 Å². The normalized spacial score (nSPS) is 54.7. The van der Waals surface area contributed by atoms with E-state index in [-0.39, 0.29) is 16.4 Å². The number of rotatable bonds is 2. The third kappa shape index (κ3) is 2.55. The first-order valence-corrected chi connectivity index (χ1v) is 11.4. The van der Waals surface area contributed by atoms with Crippen molar-refractivity contribution in [3.05, 3.63) is 10.1 Å². The minimum absolute atomic E-state index is 0.0825. The van der Waals surface area contributed by atoms with Gasteiger partial charge in [-0.3, -0.25) is 10.1 Å². The second kappa shape index (κ2) is 6.17. The van der Waals surface area contributed by atoms with Crippen molar-refractivity contribution in [1.82, 2.24) is 0 Å². The van der Waals surface area contributed by atoms with Gasteiger partial charge in [-0.15, -0.1) is 0 Å². The van der Waals surface area contributed by atoms with Crippen LogP contribution in [-0.2, 0) is 0 Å².